The summed E-state index contributed by atoms with van der Waals surface area (Å²) < 4.78 is 5.55. The quantitative estimate of drug-likeness (QED) is 0.463. The van der Waals surface area contributed by atoms with Crippen LogP contribution in [0, 0.1) is 0 Å². The highest BCUT2D eigenvalue weighted by Gasteiger charge is 2.42. The van der Waals surface area contributed by atoms with Gasteiger partial charge in [-0.05, 0) is 67.8 Å². The second-order valence-corrected chi connectivity index (χ2v) is 7.65. The van der Waals surface area contributed by atoms with Crippen LogP contribution in [0.1, 0.15) is 25.0 Å². The summed E-state index contributed by atoms with van der Waals surface area (Å²) in [6.07, 6.45) is 4.26. The Hall–Kier alpha value is -3.93. The van der Waals surface area contributed by atoms with Gasteiger partial charge < -0.3 is 9.64 Å². The van der Waals surface area contributed by atoms with Gasteiger partial charge in [0.05, 0.1) is 17.9 Å². The number of pyridine rings is 1. The number of imide groups is 1. The van der Waals surface area contributed by atoms with Crippen molar-refractivity contribution < 1.29 is 14.3 Å². The van der Waals surface area contributed by atoms with Crippen LogP contribution in [-0.4, -0.2) is 41.4 Å². The van der Waals surface area contributed by atoms with Gasteiger partial charge in [0.2, 0.25) is 0 Å². The van der Waals surface area contributed by atoms with E-state index in [1.807, 2.05) is 73.3 Å². The van der Waals surface area contributed by atoms with E-state index in [0.29, 0.717) is 42.2 Å². The molecule has 33 heavy (non-hydrogen) atoms. The van der Waals surface area contributed by atoms with Gasteiger partial charge in [-0.1, -0.05) is 30.3 Å². The first kappa shape index (κ1) is 22.3. The van der Waals surface area contributed by atoms with Gasteiger partial charge in [0.25, 0.3) is 11.8 Å². The predicted molar refractivity (Wildman–Crippen MR) is 129 cm³/mol. The summed E-state index contributed by atoms with van der Waals surface area (Å²) in [4.78, 5) is 34.6. The van der Waals surface area contributed by atoms with Gasteiger partial charge in [-0.25, -0.2) is 4.90 Å². The van der Waals surface area contributed by atoms with E-state index in [9.17, 15) is 9.59 Å². The average molecular weight is 442 g/mol. The molecule has 6 nitrogen and oxygen atoms in total. The summed E-state index contributed by atoms with van der Waals surface area (Å²) in [5, 5.41) is 0. The summed E-state index contributed by atoms with van der Waals surface area (Å²) >= 11 is 0. The average Bonchev–Trinajstić information content (AvgIpc) is 3.11. The number of hydrogen-bond acceptors (Lipinski definition) is 5. The second kappa shape index (κ2) is 10.1. The molecule has 2 aromatic carbocycles. The monoisotopic (exact) mass is 441 g/mol. The van der Waals surface area contributed by atoms with Gasteiger partial charge in [0, 0.05) is 25.5 Å². The topological polar surface area (TPSA) is 62.7 Å². The summed E-state index contributed by atoms with van der Waals surface area (Å²) in [5.74, 6) is 0.115. The molecule has 2 amide bonds. The molecular formula is C27H27N3O3. The largest absolute Gasteiger partial charge is 0.494 e. The molecule has 0 saturated heterocycles. The highest BCUT2D eigenvalue weighted by atomic mass is 16.5. The van der Waals surface area contributed by atoms with E-state index >= 15 is 0 Å². The molecule has 0 radical (unpaired) electrons. The van der Waals surface area contributed by atoms with Crippen molar-refractivity contribution in [2.45, 2.75) is 20.3 Å². The van der Waals surface area contributed by atoms with Crippen LogP contribution in [0.2, 0.25) is 0 Å². The molecule has 168 valence electrons. The summed E-state index contributed by atoms with van der Waals surface area (Å²) in [6.45, 7) is 5.69. The standard InChI is InChI=1S/C27H27N3O3/c1-3-29(19-16-20-14-17-28-18-15-20)25-24(21-10-12-23(13-11-21)33-4-2)26(31)30(27(25)32)22-8-6-5-7-9-22/h5-15,17-18H,3-4,16,19H2,1-2H3. The lowest BCUT2D eigenvalue weighted by Crippen LogP contribution is -2.36. The molecule has 3 aromatic rings. The Morgan fingerprint density at radius 1 is 0.879 bits per heavy atom. The zero-order chi connectivity index (χ0) is 23.2. The molecule has 0 bridgehead atoms. The van der Waals surface area contributed by atoms with E-state index in [4.69, 9.17) is 4.74 Å². The zero-order valence-corrected chi connectivity index (χ0v) is 18.9. The maximum absolute atomic E-state index is 13.7. The Morgan fingerprint density at radius 3 is 2.21 bits per heavy atom. The van der Waals surface area contributed by atoms with E-state index in [0.717, 1.165) is 17.7 Å². The number of amides is 2. The molecule has 2 heterocycles. The van der Waals surface area contributed by atoms with Crippen LogP contribution in [-0.2, 0) is 16.0 Å². The third-order valence-corrected chi connectivity index (χ3v) is 5.65. The third kappa shape index (κ3) is 4.65. The molecule has 0 atom stereocenters. The highest BCUT2D eigenvalue weighted by molar-refractivity contribution is 6.45. The molecule has 0 aliphatic carbocycles. The number of carbonyl (C=O) groups excluding carboxylic acids is 2. The second-order valence-electron chi connectivity index (χ2n) is 7.65. The van der Waals surface area contributed by atoms with E-state index in [-0.39, 0.29) is 11.8 Å². The molecule has 1 aliphatic heterocycles. The minimum Gasteiger partial charge on any atom is -0.494 e. The molecule has 1 aliphatic rings. The van der Waals surface area contributed by atoms with E-state index in [1.165, 1.54) is 4.90 Å². The van der Waals surface area contributed by atoms with Gasteiger partial charge in [0.15, 0.2) is 0 Å². The van der Waals surface area contributed by atoms with E-state index < -0.39 is 0 Å². The first-order valence-electron chi connectivity index (χ1n) is 11.2. The van der Waals surface area contributed by atoms with Gasteiger partial charge in [-0.2, -0.15) is 0 Å². The molecule has 4 rings (SSSR count). The Bertz CT molecular complexity index is 1140. The maximum atomic E-state index is 13.7. The SMILES string of the molecule is CCOc1ccc(C2=C(N(CC)CCc3ccncc3)C(=O)N(c3ccccc3)C2=O)cc1. The number of aromatic nitrogens is 1. The molecule has 0 saturated carbocycles. The van der Waals surface area contributed by atoms with Crippen molar-refractivity contribution in [3.63, 3.8) is 0 Å². The Morgan fingerprint density at radius 2 is 1.58 bits per heavy atom. The number of likely N-dealkylation sites (N-methyl/N-ethyl adjacent to an activating group) is 1. The summed E-state index contributed by atoms with van der Waals surface area (Å²) in [5.41, 5.74) is 3.25. The molecule has 0 N–H and O–H groups in total. The van der Waals surface area contributed by atoms with Crippen molar-refractivity contribution in [3.8, 4) is 5.75 Å². The highest BCUT2D eigenvalue weighted by Crippen LogP contribution is 2.35. The molecule has 6 heteroatoms. The number of para-hydroxylation sites is 1. The molecule has 1 aromatic heterocycles. The molecule has 0 spiro atoms. The smallest absolute Gasteiger partial charge is 0.282 e. The first-order valence-corrected chi connectivity index (χ1v) is 11.2. The van der Waals surface area contributed by atoms with Crippen molar-refractivity contribution in [1.29, 1.82) is 0 Å². The minimum absolute atomic E-state index is 0.299. The van der Waals surface area contributed by atoms with Gasteiger partial charge in [-0.3, -0.25) is 14.6 Å². The fourth-order valence-corrected chi connectivity index (χ4v) is 4.01. The fraction of sp³-hybridized carbons (Fsp3) is 0.222. The lowest BCUT2D eigenvalue weighted by molar-refractivity contribution is -0.120. The summed E-state index contributed by atoms with van der Waals surface area (Å²) in [7, 11) is 0. The predicted octanol–water partition coefficient (Wildman–Crippen LogP) is 4.33. The summed E-state index contributed by atoms with van der Waals surface area (Å²) in [6, 6.07) is 20.4. The first-order chi connectivity index (χ1) is 16.1. The van der Waals surface area contributed by atoms with Crippen molar-refractivity contribution >= 4 is 23.1 Å². The van der Waals surface area contributed by atoms with Gasteiger partial charge in [0.1, 0.15) is 11.4 Å². The van der Waals surface area contributed by atoms with Crippen LogP contribution >= 0.6 is 0 Å². The Labute approximate surface area is 194 Å². The lowest BCUT2D eigenvalue weighted by Gasteiger charge is -2.25. The van der Waals surface area contributed by atoms with Crippen molar-refractivity contribution in [1.82, 2.24) is 9.88 Å². The fourth-order valence-electron chi connectivity index (χ4n) is 4.01. The van der Waals surface area contributed by atoms with Crippen LogP contribution in [0.25, 0.3) is 5.57 Å². The normalized spacial score (nSPS) is 13.6. The van der Waals surface area contributed by atoms with Gasteiger partial charge >= 0.3 is 0 Å². The zero-order valence-electron chi connectivity index (χ0n) is 18.9. The lowest BCUT2D eigenvalue weighted by atomic mass is 10.0. The Kier molecular flexibility index (Phi) is 6.83. The number of nitrogens with zero attached hydrogens (tertiary/aromatic N) is 3. The van der Waals surface area contributed by atoms with E-state index in [2.05, 4.69) is 4.98 Å². The van der Waals surface area contributed by atoms with Crippen LogP contribution in [0.3, 0.4) is 0 Å². The van der Waals surface area contributed by atoms with Crippen molar-refractivity contribution in [3.05, 3.63) is 95.9 Å². The number of ether oxygens (including phenoxy) is 1. The number of hydrogen-bond donors (Lipinski definition) is 0. The van der Waals surface area contributed by atoms with E-state index in [1.54, 1.807) is 24.5 Å². The molecule has 0 fully saturated rings. The maximum Gasteiger partial charge on any atom is 0.282 e. The van der Waals surface area contributed by atoms with Crippen LogP contribution in [0.5, 0.6) is 5.75 Å². The molecular weight excluding hydrogens is 414 g/mol. The number of rotatable bonds is 9. The number of carbonyl (C=O) groups is 2. The number of anilines is 1. The van der Waals surface area contributed by atoms with Crippen molar-refractivity contribution in [2.75, 3.05) is 24.6 Å². The van der Waals surface area contributed by atoms with Crippen LogP contribution in [0.4, 0.5) is 5.69 Å². The number of benzene rings is 2. The van der Waals surface area contributed by atoms with Crippen LogP contribution in [0.15, 0.2) is 84.8 Å². The van der Waals surface area contributed by atoms with Gasteiger partial charge in [-0.15, -0.1) is 0 Å². The molecule has 0 unspecified atom stereocenters. The Balaban J connectivity index is 1.74. The third-order valence-electron chi connectivity index (χ3n) is 5.65. The van der Waals surface area contributed by atoms with Crippen LogP contribution < -0.4 is 9.64 Å². The van der Waals surface area contributed by atoms with Crippen molar-refractivity contribution in [2.24, 2.45) is 0 Å². The minimum atomic E-state index is -0.312.